The lowest BCUT2D eigenvalue weighted by Gasteiger charge is -2.31. The third-order valence-corrected chi connectivity index (χ3v) is 4.40. The van der Waals surface area contributed by atoms with Crippen LogP contribution in [0.3, 0.4) is 0 Å². The monoisotopic (exact) mass is 394 g/mol. The summed E-state index contributed by atoms with van der Waals surface area (Å²) >= 11 is 2.17. The van der Waals surface area contributed by atoms with Crippen LogP contribution in [-0.4, -0.2) is 17.9 Å². The number of rotatable bonds is 3. The molecule has 1 fully saturated rings. The molecule has 1 unspecified atom stereocenters. The highest BCUT2D eigenvalue weighted by Gasteiger charge is 2.38. The Labute approximate surface area is 130 Å². The molecular weight excluding hydrogens is 377 g/mol. The van der Waals surface area contributed by atoms with Crippen LogP contribution in [-0.2, 0) is 4.79 Å². The molecule has 1 atom stereocenters. The zero-order chi connectivity index (χ0) is 14.8. The summed E-state index contributed by atoms with van der Waals surface area (Å²) < 4.78 is 27.2. The lowest BCUT2D eigenvalue weighted by atomic mass is 9.82. The predicted octanol–water partition coefficient (Wildman–Crippen LogP) is 3.38. The number of alkyl halides is 2. The van der Waals surface area contributed by atoms with Gasteiger partial charge in [-0.05, 0) is 65.6 Å². The summed E-state index contributed by atoms with van der Waals surface area (Å²) in [6.45, 7) is 0. The van der Waals surface area contributed by atoms with Crippen LogP contribution in [0.4, 0.5) is 14.5 Å². The Bertz CT molecular complexity index is 469. The smallest absolute Gasteiger partial charge is 0.248 e. The highest BCUT2D eigenvalue weighted by Crippen LogP contribution is 2.37. The molecule has 0 heterocycles. The van der Waals surface area contributed by atoms with Crippen LogP contribution in [0.5, 0.6) is 0 Å². The largest absolute Gasteiger partial charge is 0.325 e. The molecule has 1 aromatic rings. The van der Waals surface area contributed by atoms with Crippen LogP contribution in [0.2, 0.25) is 0 Å². The number of anilines is 1. The minimum atomic E-state index is -2.59. The standard InChI is InChI=1S/C14H17F2IN2O/c15-14(16)7-5-9(6-8-14)12(18)13(20)19-11-3-1-10(17)2-4-11/h1-4,9,12H,5-8,18H2,(H,19,20). The first-order chi connectivity index (χ1) is 9.37. The van der Waals surface area contributed by atoms with Crippen LogP contribution < -0.4 is 11.1 Å². The van der Waals surface area contributed by atoms with Crippen molar-refractivity contribution in [1.82, 2.24) is 0 Å². The maximum Gasteiger partial charge on any atom is 0.248 e. The number of halogens is 3. The highest BCUT2D eigenvalue weighted by atomic mass is 127. The van der Waals surface area contributed by atoms with Gasteiger partial charge in [-0.1, -0.05) is 0 Å². The van der Waals surface area contributed by atoms with Crippen molar-refractivity contribution in [2.75, 3.05) is 5.32 Å². The van der Waals surface area contributed by atoms with E-state index in [0.717, 1.165) is 3.57 Å². The van der Waals surface area contributed by atoms with E-state index in [4.69, 9.17) is 5.73 Å². The summed E-state index contributed by atoms with van der Waals surface area (Å²) in [6, 6.07) is 6.61. The summed E-state index contributed by atoms with van der Waals surface area (Å²) in [5, 5.41) is 2.73. The van der Waals surface area contributed by atoms with Crippen LogP contribution >= 0.6 is 22.6 Å². The van der Waals surface area contributed by atoms with E-state index in [0.29, 0.717) is 18.5 Å². The van der Waals surface area contributed by atoms with Gasteiger partial charge in [0, 0.05) is 22.1 Å². The number of hydrogen-bond acceptors (Lipinski definition) is 2. The SMILES string of the molecule is NC(C(=O)Nc1ccc(I)cc1)C1CCC(F)(F)CC1. The number of amides is 1. The molecule has 1 aromatic carbocycles. The van der Waals surface area contributed by atoms with Crippen LogP contribution in [0, 0.1) is 9.49 Å². The first kappa shape index (κ1) is 15.6. The second-order valence-electron chi connectivity index (χ2n) is 5.22. The molecule has 110 valence electrons. The third kappa shape index (κ3) is 4.12. The lowest BCUT2D eigenvalue weighted by Crippen LogP contribution is -2.44. The van der Waals surface area contributed by atoms with Crippen molar-refractivity contribution in [3.8, 4) is 0 Å². The molecule has 1 aliphatic carbocycles. The molecule has 0 aliphatic heterocycles. The fraction of sp³-hybridized carbons (Fsp3) is 0.500. The van der Waals surface area contributed by atoms with Gasteiger partial charge in [0.15, 0.2) is 0 Å². The van der Waals surface area contributed by atoms with Gasteiger partial charge in [0.25, 0.3) is 0 Å². The number of nitrogens with two attached hydrogens (primary N) is 1. The molecule has 1 aliphatic rings. The molecule has 3 N–H and O–H groups in total. The molecule has 20 heavy (non-hydrogen) atoms. The Morgan fingerprint density at radius 3 is 2.40 bits per heavy atom. The van der Waals surface area contributed by atoms with Gasteiger partial charge in [-0.25, -0.2) is 8.78 Å². The molecule has 0 spiro atoms. The van der Waals surface area contributed by atoms with Gasteiger partial charge in [-0.3, -0.25) is 4.79 Å². The fourth-order valence-electron chi connectivity index (χ4n) is 2.39. The molecule has 0 aromatic heterocycles. The Morgan fingerprint density at radius 2 is 1.85 bits per heavy atom. The number of carbonyl (C=O) groups excluding carboxylic acids is 1. The minimum Gasteiger partial charge on any atom is -0.325 e. The fourth-order valence-corrected chi connectivity index (χ4v) is 2.75. The van der Waals surface area contributed by atoms with Gasteiger partial charge < -0.3 is 11.1 Å². The van der Waals surface area contributed by atoms with Crippen molar-refractivity contribution in [3.63, 3.8) is 0 Å². The van der Waals surface area contributed by atoms with Crippen LogP contribution in [0.15, 0.2) is 24.3 Å². The second kappa shape index (κ2) is 6.34. The molecule has 0 bridgehead atoms. The van der Waals surface area contributed by atoms with E-state index in [9.17, 15) is 13.6 Å². The van der Waals surface area contributed by atoms with Gasteiger partial charge >= 0.3 is 0 Å². The molecule has 0 saturated heterocycles. The molecule has 1 amide bonds. The van der Waals surface area contributed by atoms with E-state index in [2.05, 4.69) is 27.9 Å². The van der Waals surface area contributed by atoms with Gasteiger partial charge in [-0.2, -0.15) is 0 Å². The van der Waals surface area contributed by atoms with Crippen molar-refractivity contribution in [1.29, 1.82) is 0 Å². The zero-order valence-corrected chi connectivity index (χ0v) is 13.1. The first-order valence-electron chi connectivity index (χ1n) is 6.57. The molecule has 1 saturated carbocycles. The van der Waals surface area contributed by atoms with E-state index >= 15 is 0 Å². The van der Waals surface area contributed by atoms with Crippen molar-refractivity contribution in [3.05, 3.63) is 27.8 Å². The quantitative estimate of drug-likeness (QED) is 0.773. The van der Waals surface area contributed by atoms with Crippen molar-refractivity contribution < 1.29 is 13.6 Å². The van der Waals surface area contributed by atoms with Gasteiger partial charge in [0.1, 0.15) is 0 Å². The summed E-state index contributed by atoms with van der Waals surface area (Å²) in [4.78, 5) is 12.0. The van der Waals surface area contributed by atoms with Gasteiger partial charge in [0.2, 0.25) is 11.8 Å². The molecule has 2 rings (SSSR count). The molecule has 6 heteroatoms. The topological polar surface area (TPSA) is 55.1 Å². The summed E-state index contributed by atoms with van der Waals surface area (Å²) in [5.41, 5.74) is 6.57. The minimum absolute atomic E-state index is 0.168. The van der Waals surface area contributed by atoms with E-state index in [-0.39, 0.29) is 24.7 Å². The number of nitrogens with one attached hydrogen (secondary N) is 1. The Balaban J connectivity index is 1.90. The first-order valence-corrected chi connectivity index (χ1v) is 7.65. The normalized spacial score (nSPS) is 20.4. The van der Waals surface area contributed by atoms with E-state index in [1.54, 1.807) is 12.1 Å². The molecule has 3 nitrogen and oxygen atoms in total. The van der Waals surface area contributed by atoms with Crippen LogP contribution in [0.25, 0.3) is 0 Å². The summed E-state index contributed by atoms with van der Waals surface area (Å²) in [5.74, 6) is -3.07. The van der Waals surface area contributed by atoms with Gasteiger partial charge in [-0.15, -0.1) is 0 Å². The number of carbonyl (C=O) groups is 1. The van der Waals surface area contributed by atoms with Gasteiger partial charge in [0.05, 0.1) is 6.04 Å². The summed E-state index contributed by atoms with van der Waals surface area (Å²) in [6.07, 6.45) is 0.243. The lowest BCUT2D eigenvalue weighted by molar-refractivity contribution is -0.120. The number of benzene rings is 1. The Hall–Kier alpha value is -0.760. The van der Waals surface area contributed by atoms with Crippen molar-refractivity contribution in [2.24, 2.45) is 11.7 Å². The maximum atomic E-state index is 13.1. The Morgan fingerprint density at radius 1 is 1.30 bits per heavy atom. The van der Waals surface area contributed by atoms with E-state index in [1.165, 1.54) is 0 Å². The maximum absolute atomic E-state index is 13.1. The summed E-state index contributed by atoms with van der Waals surface area (Å²) in [7, 11) is 0. The van der Waals surface area contributed by atoms with E-state index < -0.39 is 12.0 Å². The van der Waals surface area contributed by atoms with Crippen LogP contribution in [0.1, 0.15) is 25.7 Å². The average molecular weight is 394 g/mol. The number of hydrogen-bond donors (Lipinski definition) is 2. The molecule has 0 radical (unpaired) electrons. The second-order valence-corrected chi connectivity index (χ2v) is 6.46. The Kier molecular flexibility index (Phi) is 4.95. The predicted molar refractivity (Wildman–Crippen MR) is 82.7 cm³/mol. The average Bonchev–Trinajstić information content (AvgIpc) is 2.40. The molecular formula is C14H17F2IN2O. The van der Waals surface area contributed by atoms with E-state index in [1.807, 2.05) is 12.1 Å². The van der Waals surface area contributed by atoms with Crippen molar-refractivity contribution in [2.45, 2.75) is 37.6 Å². The zero-order valence-electron chi connectivity index (χ0n) is 10.9. The third-order valence-electron chi connectivity index (χ3n) is 3.68. The highest BCUT2D eigenvalue weighted by molar-refractivity contribution is 14.1. The van der Waals surface area contributed by atoms with Crippen molar-refractivity contribution >= 4 is 34.2 Å².